The number of nitrogens with zero attached hydrogens (tertiary/aromatic N) is 1. The molecule has 6 heteroatoms. The van der Waals surface area contributed by atoms with Crippen molar-refractivity contribution in [3.63, 3.8) is 0 Å². The highest BCUT2D eigenvalue weighted by atomic mass is 16.5. The molecule has 1 heterocycles. The molecule has 0 aromatic rings. The molecule has 0 aromatic carbocycles. The first-order valence-electron chi connectivity index (χ1n) is 7.93. The minimum Gasteiger partial charge on any atom is -0.481 e. The molecule has 0 spiro atoms. The molecule has 0 atom stereocenters. The van der Waals surface area contributed by atoms with Crippen LogP contribution < -0.4 is 5.32 Å². The molecule has 2 fully saturated rings. The molecule has 21 heavy (non-hydrogen) atoms. The monoisotopic (exact) mass is 298 g/mol. The molecule has 1 aliphatic heterocycles. The molecule has 120 valence electrons. The lowest BCUT2D eigenvalue weighted by molar-refractivity contribution is -0.151. The van der Waals surface area contributed by atoms with Crippen LogP contribution in [0.3, 0.4) is 0 Å². The Labute approximate surface area is 125 Å². The Kier molecular flexibility index (Phi) is 5.99. The summed E-state index contributed by atoms with van der Waals surface area (Å²) in [6.45, 7) is 5.05. The van der Waals surface area contributed by atoms with Gasteiger partial charge in [0.1, 0.15) is 0 Å². The van der Waals surface area contributed by atoms with Gasteiger partial charge in [0.2, 0.25) is 5.91 Å². The van der Waals surface area contributed by atoms with Crippen LogP contribution in [0, 0.1) is 5.41 Å². The smallest absolute Gasteiger partial charge is 0.310 e. The summed E-state index contributed by atoms with van der Waals surface area (Å²) < 4.78 is 5.29. The number of amides is 1. The van der Waals surface area contributed by atoms with E-state index in [0.717, 1.165) is 52.1 Å². The normalized spacial score (nSPS) is 22.1. The van der Waals surface area contributed by atoms with Crippen molar-refractivity contribution in [2.75, 3.05) is 39.4 Å². The predicted molar refractivity (Wildman–Crippen MR) is 78.0 cm³/mol. The van der Waals surface area contributed by atoms with E-state index in [1.54, 1.807) is 0 Å². The Balaban J connectivity index is 1.63. The van der Waals surface area contributed by atoms with E-state index in [9.17, 15) is 14.7 Å². The molecule has 0 bridgehead atoms. The summed E-state index contributed by atoms with van der Waals surface area (Å²) in [6, 6.07) is 0. The number of morpholine rings is 1. The molecule has 1 saturated heterocycles. The number of nitrogens with one attached hydrogen (secondary N) is 1. The van der Waals surface area contributed by atoms with Gasteiger partial charge in [-0.1, -0.05) is 12.8 Å². The third-order valence-corrected chi connectivity index (χ3v) is 4.59. The van der Waals surface area contributed by atoms with Crippen LogP contribution >= 0.6 is 0 Å². The summed E-state index contributed by atoms with van der Waals surface area (Å²) in [4.78, 5) is 25.7. The lowest BCUT2D eigenvalue weighted by atomic mass is 9.82. The third kappa shape index (κ3) is 4.68. The van der Waals surface area contributed by atoms with Gasteiger partial charge >= 0.3 is 5.97 Å². The molecule has 2 rings (SSSR count). The van der Waals surface area contributed by atoms with E-state index in [4.69, 9.17) is 4.74 Å². The van der Waals surface area contributed by atoms with Crippen molar-refractivity contribution in [1.82, 2.24) is 10.2 Å². The largest absolute Gasteiger partial charge is 0.481 e. The summed E-state index contributed by atoms with van der Waals surface area (Å²) in [7, 11) is 0. The topological polar surface area (TPSA) is 78.9 Å². The Morgan fingerprint density at radius 2 is 1.86 bits per heavy atom. The van der Waals surface area contributed by atoms with E-state index < -0.39 is 11.4 Å². The number of carboxylic acids is 1. The number of hydrogen-bond donors (Lipinski definition) is 2. The molecular weight excluding hydrogens is 272 g/mol. The first-order chi connectivity index (χ1) is 10.1. The van der Waals surface area contributed by atoms with Crippen molar-refractivity contribution in [2.45, 2.75) is 38.5 Å². The molecule has 2 N–H and O–H groups in total. The first kappa shape index (κ1) is 16.2. The van der Waals surface area contributed by atoms with E-state index in [-0.39, 0.29) is 12.3 Å². The molecule has 1 aliphatic carbocycles. The standard InChI is InChI=1S/C15H26N2O4/c18-13(12-15(14(19)20)4-1-2-5-15)16-6-3-7-17-8-10-21-11-9-17/h1-12H2,(H,16,18)(H,19,20). The Bertz CT molecular complexity index is 361. The van der Waals surface area contributed by atoms with Gasteiger partial charge in [-0.2, -0.15) is 0 Å². The average Bonchev–Trinajstić information content (AvgIpc) is 2.94. The second-order valence-electron chi connectivity index (χ2n) is 6.13. The Morgan fingerprint density at radius 3 is 2.48 bits per heavy atom. The molecule has 1 amide bonds. The Morgan fingerprint density at radius 1 is 1.19 bits per heavy atom. The lowest BCUT2D eigenvalue weighted by Crippen LogP contribution is -2.39. The fraction of sp³-hybridized carbons (Fsp3) is 0.867. The number of hydrogen-bond acceptors (Lipinski definition) is 4. The van der Waals surface area contributed by atoms with E-state index >= 15 is 0 Å². The van der Waals surface area contributed by atoms with Gasteiger partial charge in [-0.25, -0.2) is 0 Å². The summed E-state index contributed by atoms with van der Waals surface area (Å²) in [5.41, 5.74) is -0.811. The van der Waals surface area contributed by atoms with E-state index in [0.29, 0.717) is 19.4 Å². The van der Waals surface area contributed by atoms with Gasteiger partial charge in [-0.3, -0.25) is 14.5 Å². The summed E-state index contributed by atoms with van der Waals surface area (Å²) >= 11 is 0. The lowest BCUT2D eigenvalue weighted by Gasteiger charge is -2.26. The second-order valence-corrected chi connectivity index (χ2v) is 6.13. The zero-order valence-corrected chi connectivity index (χ0v) is 12.6. The van der Waals surface area contributed by atoms with Crippen LogP contribution in [0.4, 0.5) is 0 Å². The van der Waals surface area contributed by atoms with Gasteiger partial charge in [0.05, 0.1) is 18.6 Å². The fourth-order valence-corrected chi connectivity index (χ4v) is 3.24. The highest BCUT2D eigenvalue weighted by Crippen LogP contribution is 2.41. The minimum absolute atomic E-state index is 0.124. The van der Waals surface area contributed by atoms with Crippen LogP contribution in [0.15, 0.2) is 0 Å². The number of carboxylic acid groups (broad SMARTS) is 1. The molecule has 0 aromatic heterocycles. The maximum Gasteiger partial charge on any atom is 0.310 e. The van der Waals surface area contributed by atoms with Gasteiger partial charge in [0.15, 0.2) is 0 Å². The van der Waals surface area contributed by atoms with Crippen molar-refractivity contribution < 1.29 is 19.4 Å². The maximum atomic E-state index is 12.0. The third-order valence-electron chi connectivity index (χ3n) is 4.59. The van der Waals surface area contributed by atoms with Crippen LogP contribution in [0.5, 0.6) is 0 Å². The second kappa shape index (κ2) is 7.75. The van der Waals surface area contributed by atoms with Gasteiger partial charge in [-0.05, 0) is 25.8 Å². The van der Waals surface area contributed by atoms with Crippen molar-refractivity contribution in [3.05, 3.63) is 0 Å². The van der Waals surface area contributed by atoms with E-state index in [1.807, 2.05) is 0 Å². The van der Waals surface area contributed by atoms with E-state index in [1.165, 1.54) is 0 Å². The summed E-state index contributed by atoms with van der Waals surface area (Å²) in [6.07, 6.45) is 4.10. The van der Waals surface area contributed by atoms with Crippen LogP contribution in [-0.2, 0) is 14.3 Å². The maximum absolute atomic E-state index is 12.0. The molecule has 0 radical (unpaired) electrons. The fourth-order valence-electron chi connectivity index (χ4n) is 3.24. The predicted octanol–water partition coefficient (Wildman–Crippen LogP) is 0.860. The van der Waals surface area contributed by atoms with Crippen molar-refractivity contribution in [1.29, 1.82) is 0 Å². The number of aliphatic carboxylic acids is 1. The number of carbonyl (C=O) groups excluding carboxylic acids is 1. The number of carbonyl (C=O) groups is 2. The van der Waals surface area contributed by atoms with Crippen molar-refractivity contribution in [3.8, 4) is 0 Å². The van der Waals surface area contributed by atoms with Gasteiger partial charge < -0.3 is 15.2 Å². The summed E-state index contributed by atoms with van der Waals surface area (Å²) in [5, 5.41) is 12.2. The molecular formula is C15H26N2O4. The minimum atomic E-state index is -0.816. The quantitative estimate of drug-likeness (QED) is 0.682. The Hall–Kier alpha value is -1.14. The molecule has 2 aliphatic rings. The highest BCUT2D eigenvalue weighted by Gasteiger charge is 2.42. The van der Waals surface area contributed by atoms with Crippen LogP contribution in [-0.4, -0.2) is 61.3 Å². The van der Waals surface area contributed by atoms with Crippen molar-refractivity contribution >= 4 is 11.9 Å². The summed E-state index contributed by atoms with van der Waals surface area (Å²) in [5.74, 6) is -0.940. The van der Waals surface area contributed by atoms with Crippen LogP contribution in [0.1, 0.15) is 38.5 Å². The van der Waals surface area contributed by atoms with Gasteiger partial charge in [0, 0.05) is 26.1 Å². The zero-order valence-electron chi connectivity index (χ0n) is 12.6. The highest BCUT2D eigenvalue weighted by molar-refractivity contribution is 5.85. The van der Waals surface area contributed by atoms with E-state index in [2.05, 4.69) is 10.2 Å². The number of rotatable bonds is 7. The molecule has 6 nitrogen and oxygen atoms in total. The first-order valence-corrected chi connectivity index (χ1v) is 7.93. The average molecular weight is 298 g/mol. The van der Waals surface area contributed by atoms with Gasteiger partial charge in [0.25, 0.3) is 0 Å². The zero-order chi connectivity index (χ0) is 15.1. The van der Waals surface area contributed by atoms with Crippen LogP contribution in [0.2, 0.25) is 0 Å². The number of ether oxygens (including phenoxy) is 1. The SMILES string of the molecule is O=C(CC1(C(=O)O)CCCC1)NCCCN1CCOCC1. The molecule has 0 unspecified atom stereocenters. The molecule has 1 saturated carbocycles. The van der Waals surface area contributed by atoms with Gasteiger partial charge in [-0.15, -0.1) is 0 Å². The van der Waals surface area contributed by atoms with Crippen LogP contribution in [0.25, 0.3) is 0 Å². The van der Waals surface area contributed by atoms with Crippen molar-refractivity contribution in [2.24, 2.45) is 5.41 Å².